The molecule has 1 fully saturated rings. The summed E-state index contributed by atoms with van der Waals surface area (Å²) in [6.07, 6.45) is 1.38. The summed E-state index contributed by atoms with van der Waals surface area (Å²) in [5.74, 6) is 3.99. The van der Waals surface area contributed by atoms with Crippen molar-refractivity contribution in [2.75, 3.05) is 0 Å². The van der Waals surface area contributed by atoms with Gasteiger partial charge in [-0.25, -0.2) is 0 Å². The van der Waals surface area contributed by atoms with Gasteiger partial charge < -0.3 is 0 Å². The van der Waals surface area contributed by atoms with Crippen molar-refractivity contribution >= 4 is 0 Å². The van der Waals surface area contributed by atoms with Crippen LogP contribution in [-0.2, 0) is 0 Å². The number of hydrogen-bond acceptors (Lipinski definition) is 0. The van der Waals surface area contributed by atoms with Crippen molar-refractivity contribution in [3.05, 3.63) is 0 Å². The summed E-state index contributed by atoms with van der Waals surface area (Å²) in [4.78, 5) is 0. The van der Waals surface area contributed by atoms with E-state index in [0.717, 1.165) is 23.7 Å². The highest BCUT2D eigenvalue weighted by atomic mass is 14.4. The maximum atomic E-state index is 2.39. The molecule has 0 radical (unpaired) electrons. The van der Waals surface area contributed by atoms with Crippen LogP contribution >= 0.6 is 0 Å². The Morgan fingerprint density at radius 3 is 1.56 bits per heavy atom. The molecule has 0 aromatic heterocycles. The van der Waals surface area contributed by atoms with Gasteiger partial charge in [-0.3, -0.25) is 0 Å². The lowest BCUT2D eigenvalue weighted by atomic mass is 9.58. The van der Waals surface area contributed by atoms with E-state index in [4.69, 9.17) is 0 Å². The van der Waals surface area contributed by atoms with Gasteiger partial charge in [-0.1, -0.05) is 34.1 Å². The minimum Gasteiger partial charge on any atom is -0.0651 e. The molecule has 1 aliphatic carbocycles. The van der Waals surface area contributed by atoms with Gasteiger partial charge in [-0.15, -0.1) is 0 Å². The third-order valence-corrected chi connectivity index (χ3v) is 3.48. The predicted octanol–water partition coefficient (Wildman–Crippen LogP) is 2.93. The average Bonchev–Trinajstić information content (AvgIpc) is 1.89. The van der Waals surface area contributed by atoms with Crippen LogP contribution in [0.1, 0.15) is 34.1 Å². The summed E-state index contributed by atoms with van der Waals surface area (Å²) in [5.41, 5.74) is 0. The van der Waals surface area contributed by atoms with Gasteiger partial charge in [0.2, 0.25) is 0 Å². The zero-order chi connectivity index (χ0) is 7.02. The highest BCUT2D eigenvalue weighted by Gasteiger charge is 2.40. The summed E-state index contributed by atoms with van der Waals surface area (Å²) < 4.78 is 0. The van der Waals surface area contributed by atoms with Crippen LogP contribution < -0.4 is 0 Å². The van der Waals surface area contributed by atoms with Gasteiger partial charge in [-0.05, 0) is 23.7 Å². The van der Waals surface area contributed by atoms with Crippen LogP contribution in [0.15, 0.2) is 0 Å². The summed E-state index contributed by atoms with van der Waals surface area (Å²) in [6, 6.07) is 0. The molecular weight excluding hydrogens is 108 g/mol. The molecule has 1 rings (SSSR count). The predicted molar refractivity (Wildman–Crippen MR) is 41.3 cm³/mol. The van der Waals surface area contributed by atoms with Crippen molar-refractivity contribution in [3.8, 4) is 0 Å². The van der Waals surface area contributed by atoms with Gasteiger partial charge >= 0.3 is 0 Å². The summed E-state index contributed by atoms with van der Waals surface area (Å²) >= 11 is 0. The van der Waals surface area contributed by atoms with Crippen LogP contribution in [0.25, 0.3) is 0 Å². The second-order valence-electron chi connectivity index (χ2n) is 3.65. The van der Waals surface area contributed by atoms with Gasteiger partial charge in [0.1, 0.15) is 0 Å². The molecule has 2 unspecified atom stereocenters. The molecule has 9 heavy (non-hydrogen) atoms. The first-order valence-corrected chi connectivity index (χ1v) is 4.18. The average molecular weight is 126 g/mol. The second kappa shape index (κ2) is 2.32. The minimum atomic E-state index is 0.981. The smallest absolute Gasteiger partial charge is 0.0360 e. The fourth-order valence-electron chi connectivity index (χ4n) is 2.34. The summed E-state index contributed by atoms with van der Waals surface area (Å²) in [5, 5.41) is 0. The largest absolute Gasteiger partial charge is 0.0651 e. The van der Waals surface area contributed by atoms with E-state index in [1.807, 2.05) is 0 Å². The van der Waals surface area contributed by atoms with E-state index in [1.165, 1.54) is 6.42 Å². The molecule has 0 aromatic carbocycles. The molecule has 54 valence electrons. The molecule has 1 aliphatic rings. The molecule has 0 heterocycles. The number of hydrogen-bond donors (Lipinski definition) is 0. The van der Waals surface area contributed by atoms with Gasteiger partial charge in [0.15, 0.2) is 0 Å². The lowest BCUT2D eigenvalue weighted by Crippen LogP contribution is -2.41. The lowest BCUT2D eigenvalue weighted by molar-refractivity contribution is 0.0133. The Morgan fingerprint density at radius 2 is 1.33 bits per heavy atom. The van der Waals surface area contributed by atoms with E-state index in [0.29, 0.717) is 0 Å². The van der Waals surface area contributed by atoms with Crippen molar-refractivity contribution in [3.63, 3.8) is 0 Å². The minimum absolute atomic E-state index is 0.981. The SMILES string of the molecule is CCC1C(C)C(C)C1C. The highest BCUT2D eigenvalue weighted by molar-refractivity contribution is 4.88. The van der Waals surface area contributed by atoms with E-state index in [-0.39, 0.29) is 0 Å². The quantitative estimate of drug-likeness (QED) is 0.506. The van der Waals surface area contributed by atoms with E-state index >= 15 is 0 Å². The van der Waals surface area contributed by atoms with Gasteiger partial charge in [-0.2, -0.15) is 0 Å². The Balaban J connectivity index is 2.41. The van der Waals surface area contributed by atoms with Gasteiger partial charge in [0.05, 0.1) is 0 Å². The normalized spacial score (nSPS) is 50.7. The molecule has 0 saturated heterocycles. The van der Waals surface area contributed by atoms with Crippen LogP contribution in [0.4, 0.5) is 0 Å². The molecule has 0 aromatic rings. The van der Waals surface area contributed by atoms with Crippen LogP contribution in [0.5, 0.6) is 0 Å². The molecule has 0 nitrogen and oxygen atoms in total. The van der Waals surface area contributed by atoms with Crippen molar-refractivity contribution in [2.45, 2.75) is 34.1 Å². The van der Waals surface area contributed by atoms with E-state index in [9.17, 15) is 0 Å². The zero-order valence-electron chi connectivity index (χ0n) is 7.02. The fourth-order valence-corrected chi connectivity index (χ4v) is 2.34. The summed E-state index contributed by atoms with van der Waals surface area (Å²) in [7, 11) is 0. The maximum absolute atomic E-state index is 2.39. The second-order valence-corrected chi connectivity index (χ2v) is 3.65. The molecule has 1 saturated carbocycles. The molecule has 0 aliphatic heterocycles. The van der Waals surface area contributed by atoms with Crippen molar-refractivity contribution in [1.29, 1.82) is 0 Å². The molecule has 0 heteroatoms. The molecule has 0 bridgehead atoms. The van der Waals surface area contributed by atoms with Crippen molar-refractivity contribution in [2.24, 2.45) is 23.7 Å². The Kier molecular flexibility index (Phi) is 1.83. The third kappa shape index (κ3) is 0.889. The van der Waals surface area contributed by atoms with Crippen molar-refractivity contribution in [1.82, 2.24) is 0 Å². The lowest BCUT2D eigenvalue weighted by Gasteiger charge is -2.47. The molecular formula is C9H18. The molecule has 0 amide bonds. The topological polar surface area (TPSA) is 0 Å². The van der Waals surface area contributed by atoms with E-state index in [1.54, 1.807) is 0 Å². The summed E-state index contributed by atoms with van der Waals surface area (Å²) in [6.45, 7) is 9.46. The molecule has 0 spiro atoms. The van der Waals surface area contributed by atoms with Gasteiger partial charge in [0, 0.05) is 0 Å². The fraction of sp³-hybridized carbons (Fsp3) is 1.00. The standard InChI is InChI=1S/C9H18/c1-5-9-7(3)6(2)8(9)4/h6-9H,5H2,1-4H3. The first-order chi connectivity index (χ1) is 4.18. The van der Waals surface area contributed by atoms with Crippen LogP contribution in [0.3, 0.4) is 0 Å². The maximum Gasteiger partial charge on any atom is -0.0360 e. The first-order valence-electron chi connectivity index (χ1n) is 4.18. The van der Waals surface area contributed by atoms with Gasteiger partial charge in [0.25, 0.3) is 0 Å². The Labute approximate surface area is 58.7 Å². The Bertz CT molecular complexity index is 86.2. The zero-order valence-corrected chi connectivity index (χ0v) is 7.02. The molecule has 0 N–H and O–H groups in total. The van der Waals surface area contributed by atoms with Crippen LogP contribution in [0.2, 0.25) is 0 Å². The van der Waals surface area contributed by atoms with E-state index in [2.05, 4.69) is 27.7 Å². The monoisotopic (exact) mass is 126 g/mol. The van der Waals surface area contributed by atoms with Crippen LogP contribution in [0, 0.1) is 23.7 Å². The third-order valence-electron chi connectivity index (χ3n) is 3.48. The Hall–Kier alpha value is 0. The Morgan fingerprint density at radius 1 is 0.889 bits per heavy atom. The molecule has 2 atom stereocenters. The van der Waals surface area contributed by atoms with Crippen molar-refractivity contribution < 1.29 is 0 Å². The number of rotatable bonds is 1. The highest BCUT2D eigenvalue weighted by Crippen LogP contribution is 2.46. The van der Waals surface area contributed by atoms with Crippen LogP contribution in [-0.4, -0.2) is 0 Å². The van der Waals surface area contributed by atoms with E-state index < -0.39 is 0 Å². The first kappa shape index (κ1) is 7.11.